The Morgan fingerprint density at radius 1 is 1.26 bits per heavy atom. The molecule has 3 aromatic rings. The Morgan fingerprint density at radius 2 is 2.00 bits per heavy atom. The fraction of sp³-hybridized carbons (Fsp3) is 0.263. The maximum atomic E-state index is 12.8. The van der Waals surface area contributed by atoms with Crippen LogP contribution in [0.25, 0.3) is 11.0 Å². The van der Waals surface area contributed by atoms with Crippen LogP contribution in [0.15, 0.2) is 41.3 Å². The first-order valence-corrected chi connectivity index (χ1v) is 8.87. The molecule has 0 saturated carbocycles. The summed E-state index contributed by atoms with van der Waals surface area (Å²) in [6, 6.07) is 8.77. The van der Waals surface area contributed by atoms with E-state index >= 15 is 0 Å². The van der Waals surface area contributed by atoms with Gasteiger partial charge in [0.1, 0.15) is 0 Å². The Morgan fingerprint density at radius 3 is 2.70 bits per heavy atom. The van der Waals surface area contributed by atoms with E-state index in [-0.39, 0.29) is 18.8 Å². The van der Waals surface area contributed by atoms with Crippen LogP contribution in [0.3, 0.4) is 0 Å². The summed E-state index contributed by atoms with van der Waals surface area (Å²) in [5, 5.41) is 16.7. The van der Waals surface area contributed by atoms with E-state index in [9.17, 15) is 9.59 Å². The number of amides is 1. The number of aryl methyl sites for hydroxylation is 2. The maximum absolute atomic E-state index is 12.8. The lowest BCUT2D eigenvalue weighted by molar-refractivity contribution is 0.0943. The lowest BCUT2D eigenvalue weighted by atomic mass is 10.1. The molecular formula is C19H19ClN4O3. The van der Waals surface area contributed by atoms with Gasteiger partial charge in [-0.3, -0.25) is 9.59 Å². The maximum Gasteiger partial charge on any atom is 0.276 e. The molecule has 0 aliphatic rings. The molecular weight excluding hydrogens is 368 g/mol. The largest absolute Gasteiger partial charge is 0.396 e. The minimum atomic E-state index is -0.548. The predicted molar refractivity (Wildman–Crippen MR) is 103 cm³/mol. The van der Waals surface area contributed by atoms with Crippen LogP contribution in [-0.4, -0.2) is 32.4 Å². The zero-order valence-corrected chi connectivity index (χ0v) is 15.5. The molecule has 7 nitrogen and oxygen atoms in total. The van der Waals surface area contributed by atoms with Crippen LogP contribution in [0.1, 0.15) is 28.0 Å². The van der Waals surface area contributed by atoms with Gasteiger partial charge >= 0.3 is 0 Å². The number of pyridine rings is 1. The molecule has 0 aliphatic carbocycles. The molecule has 2 N–H and O–H groups in total. The number of halogens is 1. The minimum Gasteiger partial charge on any atom is -0.396 e. The zero-order chi connectivity index (χ0) is 19.4. The van der Waals surface area contributed by atoms with E-state index < -0.39 is 11.3 Å². The summed E-state index contributed by atoms with van der Waals surface area (Å²) < 4.78 is 1.42. The highest BCUT2D eigenvalue weighted by Gasteiger charge is 2.17. The molecule has 0 fully saturated rings. The molecule has 140 valence electrons. The summed E-state index contributed by atoms with van der Waals surface area (Å²) in [6.45, 7) is 0.318. The number of hydrogen-bond acceptors (Lipinski definition) is 5. The Kier molecular flexibility index (Phi) is 5.83. The monoisotopic (exact) mass is 386 g/mol. The number of rotatable bonds is 6. The van der Waals surface area contributed by atoms with E-state index in [0.29, 0.717) is 28.9 Å². The van der Waals surface area contributed by atoms with Crippen LogP contribution in [-0.2, 0) is 20.0 Å². The summed E-state index contributed by atoms with van der Waals surface area (Å²) in [4.78, 5) is 29.5. The van der Waals surface area contributed by atoms with Crippen molar-refractivity contribution in [3.05, 3.63) is 68.6 Å². The van der Waals surface area contributed by atoms with Crippen molar-refractivity contribution in [3.63, 3.8) is 0 Å². The molecule has 27 heavy (non-hydrogen) atoms. The van der Waals surface area contributed by atoms with Gasteiger partial charge in [0.05, 0.1) is 5.39 Å². The highest BCUT2D eigenvalue weighted by Crippen LogP contribution is 2.11. The quantitative estimate of drug-likeness (QED) is 0.673. The third-order valence-corrected chi connectivity index (χ3v) is 4.40. The third-order valence-electron chi connectivity index (χ3n) is 4.14. The van der Waals surface area contributed by atoms with Gasteiger partial charge in [-0.2, -0.15) is 5.10 Å². The molecule has 0 saturated heterocycles. The number of hydrogen-bond donors (Lipinski definition) is 2. The van der Waals surface area contributed by atoms with E-state index in [1.54, 1.807) is 43.6 Å². The molecule has 0 aliphatic heterocycles. The molecule has 1 amide bonds. The normalized spacial score (nSPS) is 10.9. The van der Waals surface area contributed by atoms with Crippen molar-refractivity contribution in [1.29, 1.82) is 0 Å². The summed E-state index contributed by atoms with van der Waals surface area (Å²) in [7, 11) is 1.64. The van der Waals surface area contributed by atoms with Gasteiger partial charge in [-0.25, -0.2) is 9.67 Å². The molecule has 0 bridgehead atoms. The van der Waals surface area contributed by atoms with Gasteiger partial charge in [0.25, 0.3) is 5.91 Å². The van der Waals surface area contributed by atoms with Gasteiger partial charge in [-0.1, -0.05) is 23.7 Å². The Labute approximate surface area is 160 Å². The molecule has 3 rings (SSSR count). The number of aliphatic hydroxyl groups excluding tert-OH is 1. The van der Waals surface area contributed by atoms with Crippen molar-refractivity contribution in [2.24, 2.45) is 7.05 Å². The van der Waals surface area contributed by atoms with Gasteiger partial charge < -0.3 is 10.4 Å². The molecule has 0 radical (unpaired) electrons. The topological polar surface area (TPSA) is 97.1 Å². The smallest absolute Gasteiger partial charge is 0.276 e. The summed E-state index contributed by atoms with van der Waals surface area (Å²) in [5.41, 5.74) is 1.45. The van der Waals surface area contributed by atoms with Gasteiger partial charge in [0, 0.05) is 31.4 Å². The SMILES string of the molecule is Cn1nc(C(=O)NCc2ccc(Cl)cc2)c(=O)c2cc(CCCO)cnc21. The van der Waals surface area contributed by atoms with E-state index in [1.807, 2.05) is 0 Å². The number of aromatic nitrogens is 3. The number of aliphatic hydroxyl groups is 1. The molecule has 2 heterocycles. The third kappa shape index (κ3) is 4.32. The van der Waals surface area contributed by atoms with Crippen molar-refractivity contribution in [2.45, 2.75) is 19.4 Å². The van der Waals surface area contributed by atoms with E-state index in [0.717, 1.165) is 11.1 Å². The second-order valence-electron chi connectivity index (χ2n) is 6.15. The van der Waals surface area contributed by atoms with Crippen LogP contribution in [0.4, 0.5) is 0 Å². The number of benzene rings is 1. The Bertz CT molecular complexity index is 1030. The fourth-order valence-corrected chi connectivity index (χ4v) is 2.86. The first-order chi connectivity index (χ1) is 13.0. The number of nitrogens with zero attached hydrogens (tertiary/aromatic N) is 3. The van der Waals surface area contributed by atoms with Crippen LogP contribution in [0, 0.1) is 0 Å². The average Bonchev–Trinajstić information content (AvgIpc) is 2.68. The second-order valence-corrected chi connectivity index (χ2v) is 6.59. The standard InChI is InChI=1S/C19H19ClN4O3/c1-24-18-15(9-13(11-21-18)3-2-8-25)17(26)16(23-24)19(27)22-10-12-4-6-14(20)7-5-12/h4-7,9,11,25H,2-3,8,10H2,1H3,(H,22,27). The van der Waals surface area contributed by atoms with E-state index in [2.05, 4.69) is 15.4 Å². The summed E-state index contributed by atoms with van der Waals surface area (Å²) in [6.07, 6.45) is 2.83. The lowest BCUT2D eigenvalue weighted by Gasteiger charge is -2.09. The molecule has 0 atom stereocenters. The molecule has 8 heteroatoms. The van der Waals surface area contributed by atoms with Crippen LogP contribution in [0.5, 0.6) is 0 Å². The number of fused-ring (bicyclic) bond motifs is 1. The van der Waals surface area contributed by atoms with Crippen molar-refractivity contribution in [2.75, 3.05) is 6.61 Å². The summed E-state index contributed by atoms with van der Waals surface area (Å²) >= 11 is 5.85. The van der Waals surface area contributed by atoms with Gasteiger partial charge in [0.15, 0.2) is 11.3 Å². The molecule has 2 aromatic heterocycles. The van der Waals surface area contributed by atoms with E-state index in [1.165, 1.54) is 4.68 Å². The summed E-state index contributed by atoms with van der Waals surface area (Å²) in [5.74, 6) is -0.548. The fourth-order valence-electron chi connectivity index (χ4n) is 2.73. The Balaban J connectivity index is 1.88. The first kappa shape index (κ1) is 19.0. The highest BCUT2D eigenvalue weighted by atomic mass is 35.5. The second kappa shape index (κ2) is 8.28. The van der Waals surface area contributed by atoms with Crippen molar-refractivity contribution >= 4 is 28.5 Å². The van der Waals surface area contributed by atoms with Gasteiger partial charge in [-0.15, -0.1) is 0 Å². The van der Waals surface area contributed by atoms with Crippen LogP contribution >= 0.6 is 11.6 Å². The number of carbonyl (C=O) groups is 1. The zero-order valence-electron chi connectivity index (χ0n) is 14.8. The predicted octanol–water partition coefficient (Wildman–Crippen LogP) is 1.84. The molecule has 0 unspecified atom stereocenters. The highest BCUT2D eigenvalue weighted by molar-refractivity contribution is 6.30. The van der Waals surface area contributed by atoms with Crippen molar-refractivity contribution in [3.8, 4) is 0 Å². The first-order valence-electron chi connectivity index (χ1n) is 8.49. The number of carbonyl (C=O) groups excluding carboxylic acids is 1. The minimum absolute atomic E-state index is 0.0603. The number of nitrogens with one attached hydrogen (secondary N) is 1. The molecule has 1 aromatic carbocycles. The lowest BCUT2D eigenvalue weighted by Crippen LogP contribution is -2.31. The van der Waals surface area contributed by atoms with Gasteiger partial charge in [0.2, 0.25) is 5.43 Å². The Hall–Kier alpha value is -2.77. The van der Waals surface area contributed by atoms with Crippen LogP contribution in [0.2, 0.25) is 5.02 Å². The van der Waals surface area contributed by atoms with Crippen molar-refractivity contribution in [1.82, 2.24) is 20.1 Å². The van der Waals surface area contributed by atoms with Crippen molar-refractivity contribution < 1.29 is 9.90 Å². The van der Waals surface area contributed by atoms with E-state index in [4.69, 9.17) is 16.7 Å². The van der Waals surface area contributed by atoms with Crippen LogP contribution < -0.4 is 10.7 Å². The average molecular weight is 387 g/mol. The molecule has 0 spiro atoms. The van der Waals surface area contributed by atoms with Gasteiger partial charge in [-0.05, 0) is 42.2 Å².